The van der Waals surface area contributed by atoms with Crippen LogP contribution in [0.2, 0.25) is 0 Å². The van der Waals surface area contributed by atoms with Crippen molar-refractivity contribution in [3.63, 3.8) is 0 Å². The van der Waals surface area contributed by atoms with E-state index in [4.69, 9.17) is 4.74 Å². The minimum Gasteiger partial charge on any atom is -0.490 e. The van der Waals surface area contributed by atoms with Gasteiger partial charge >= 0.3 is 0 Å². The van der Waals surface area contributed by atoms with Crippen LogP contribution in [-0.2, 0) is 12.1 Å². The van der Waals surface area contributed by atoms with Crippen molar-refractivity contribution in [1.82, 2.24) is 5.32 Å². The Morgan fingerprint density at radius 2 is 1.70 bits per heavy atom. The normalized spacial score (nSPS) is 13.8. The van der Waals surface area contributed by atoms with E-state index in [1.807, 2.05) is 61.6 Å². The Labute approximate surface area is 120 Å². The molecule has 3 heteroatoms. The zero-order valence-corrected chi connectivity index (χ0v) is 12.0. The Bertz CT molecular complexity index is 520. The Balaban J connectivity index is 1.97. The van der Waals surface area contributed by atoms with Crippen molar-refractivity contribution in [1.29, 1.82) is 0 Å². The molecule has 0 radical (unpaired) electrons. The van der Waals surface area contributed by atoms with Gasteiger partial charge in [0.1, 0.15) is 18.0 Å². The molecule has 2 aromatic carbocycles. The topological polar surface area (TPSA) is 41.5 Å². The molecule has 0 bridgehead atoms. The molecular weight excluding hydrogens is 250 g/mol. The van der Waals surface area contributed by atoms with Crippen LogP contribution in [0.1, 0.15) is 18.1 Å². The molecule has 1 unspecified atom stereocenters. The molecule has 2 rings (SSSR count). The SMILES string of the molecule is CNCc1ccc(OCC(C)(O)c2ccccc2)cc1. The zero-order chi connectivity index (χ0) is 14.4. The molecule has 0 fully saturated rings. The average molecular weight is 271 g/mol. The molecule has 0 saturated carbocycles. The summed E-state index contributed by atoms with van der Waals surface area (Å²) < 4.78 is 5.69. The highest BCUT2D eigenvalue weighted by molar-refractivity contribution is 5.28. The molecule has 0 aromatic heterocycles. The molecule has 106 valence electrons. The minimum atomic E-state index is -0.995. The van der Waals surface area contributed by atoms with Crippen LogP contribution in [0.3, 0.4) is 0 Å². The van der Waals surface area contributed by atoms with E-state index in [-0.39, 0.29) is 6.61 Å². The number of nitrogens with one attached hydrogen (secondary N) is 1. The van der Waals surface area contributed by atoms with E-state index in [9.17, 15) is 5.11 Å². The molecule has 20 heavy (non-hydrogen) atoms. The van der Waals surface area contributed by atoms with Crippen LogP contribution in [0.4, 0.5) is 0 Å². The molecule has 2 N–H and O–H groups in total. The lowest BCUT2D eigenvalue weighted by Gasteiger charge is -2.24. The summed E-state index contributed by atoms with van der Waals surface area (Å²) in [6.45, 7) is 2.82. The van der Waals surface area contributed by atoms with Gasteiger partial charge in [-0.2, -0.15) is 0 Å². The second-order valence-corrected chi connectivity index (χ2v) is 5.10. The summed E-state index contributed by atoms with van der Waals surface area (Å²) in [6.07, 6.45) is 0. The highest BCUT2D eigenvalue weighted by atomic mass is 16.5. The van der Waals surface area contributed by atoms with Gasteiger partial charge < -0.3 is 15.2 Å². The zero-order valence-electron chi connectivity index (χ0n) is 12.0. The van der Waals surface area contributed by atoms with Crippen molar-refractivity contribution < 1.29 is 9.84 Å². The fraction of sp³-hybridized carbons (Fsp3) is 0.294. The van der Waals surface area contributed by atoms with Crippen molar-refractivity contribution in [2.75, 3.05) is 13.7 Å². The second kappa shape index (κ2) is 6.55. The van der Waals surface area contributed by atoms with Gasteiger partial charge in [0.15, 0.2) is 0 Å². The summed E-state index contributed by atoms with van der Waals surface area (Å²) in [6, 6.07) is 17.4. The fourth-order valence-electron chi connectivity index (χ4n) is 2.01. The van der Waals surface area contributed by atoms with Crippen molar-refractivity contribution in [2.24, 2.45) is 0 Å². The number of rotatable bonds is 6. The standard InChI is InChI=1S/C17H21NO2/c1-17(19,15-6-4-3-5-7-15)13-20-16-10-8-14(9-11-16)12-18-2/h3-11,18-19H,12-13H2,1-2H3. The van der Waals surface area contributed by atoms with Crippen molar-refractivity contribution in [3.8, 4) is 5.75 Å². The van der Waals surface area contributed by atoms with E-state index in [0.717, 1.165) is 17.9 Å². The van der Waals surface area contributed by atoms with Gasteiger partial charge in [0, 0.05) is 6.54 Å². The molecule has 1 atom stereocenters. The van der Waals surface area contributed by atoms with Crippen molar-refractivity contribution in [3.05, 3.63) is 65.7 Å². The number of ether oxygens (including phenoxy) is 1. The number of hydrogen-bond acceptors (Lipinski definition) is 3. The van der Waals surface area contributed by atoms with Gasteiger partial charge in [-0.05, 0) is 37.2 Å². The van der Waals surface area contributed by atoms with E-state index in [1.54, 1.807) is 6.92 Å². The van der Waals surface area contributed by atoms with Crippen molar-refractivity contribution in [2.45, 2.75) is 19.1 Å². The smallest absolute Gasteiger partial charge is 0.121 e. The van der Waals surface area contributed by atoms with Crippen LogP contribution in [0.15, 0.2) is 54.6 Å². The van der Waals surface area contributed by atoms with Crippen LogP contribution >= 0.6 is 0 Å². The molecule has 0 aliphatic rings. The summed E-state index contributed by atoms with van der Waals surface area (Å²) >= 11 is 0. The highest BCUT2D eigenvalue weighted by Gasteiger charge is 2.23. The summed E-state index contributed by atoms with van der Waals surface area (Å²) in [5.74, 6) is 0.765. The van der Waals surface area contributed by atoms with E-state index in [1.165, 1.54) is 5.56 Å². The maximum absolute atomic E-state index is 10.5. The van der Waals surface area contributed by atoms with Crippen LogP contribution < -0.4 is 10.1 Å². The lowest BCUT2D eigenvalue weighted by atomic mass is 9.97. The summed E-state index contributed by atoms with van der Waals surface area (Å²) in [4.78, 5) is 0. The van der Waals surface area contributed by atoms with Gasteiger partial charge in [-0.1, -0.05) is 42.5 Å². The molecule has 0 aliphatic carbocycles. The molecule has 0 aliphatic heterocycles. The van der Waals surface area contributed by atoms with E-state index >= 15 is 0 Å². The highest BCUT2D eigenvalue weighted by Crippen LogP contribution is 2.22. The summed E-state index contributed by atoms with van der Waals surface area (Å²) in [7, 11) is 1.92. The number of benzene rings is 2. The molecule has 0 spiro atoms. The summed E-state index contributed by atoms with van der Waals surface area (Å²) in [5, 5.41) is 13.6. The van der Waals surface area contributed by atoms with Gasteiger partial charge in [0.05, 0.1) is 0 Å². The van der Waals surface area contributed by atoms with Crippen LogP contribution in [0.25, 0.3) is 0 Å². The fourth-order valence-corrected chi connectivity index (χ4v) is 2.01. The predicted octanol–water partition coefficient (Wildman–Crippen LogP) is 2.69. The predicted molar refractivity (Wildman–Crippen MR) is 80.7 cm³/mol. The Morgan fingerprint density at radius 1 is 1.05 bits per heavy atom. The Kier molecular flexibility index (Phi) is 4.77. The molecule has 2 aromatic rings. The van der Waals surface area contributed by atoms with Crippen LogP contribution in [0.5, 0.6) is 5.75 Å². The Morgan fingerprint density at radius 3 is 2.30 bits per heavy atom. The Hall–Kier alpha value is -1.84. The van der Waals surface area contributed by atoms with Crippen LogP contribution in [0, 0.1) is 0 Å². The largest absolute Gasteiger partial charge is 0.490 e. The monoisotopic (exact) mass is 271 g/mol. The first kappa shape index (κ1) is 14.6. The first-order valence-electron chi connectivity index (χ1n) is 6.76. The van der Waals surface area contributed by atoms with E-state index in [0.29, 0.717) is 0 Å². The summed E-state index contributed by atoms with van der Waals surface area (Å²) in [5.41, 5.74) is 1.06. The average Bonchev–Trinajstić information content (AvgIpc) is 2.48. The lowest BCUT2D eigenvalue weighted by Crippen LogP contribution is -2.29. The molecule has 3 nitrogen and oxygen atoms in total. The molecule has 0 heterocycles. The molecular formula is C17H21NO2. The maximum atomic E-state index is 10.5. The van der Waals surface area contributed by atoms with Crippen molar-refractivity contribution >= 4 is 0 Å². The van der Waals surface area contributed by atoms with Gasteiger partial charge in [-0.15, -0.1) is 0 Å². The third-order valence-corrected chi connectivity index (χ3v) is 3.22. The lowest BCUT2D eigenvalue weighted by molar-refractivity contribution is 0.00759. The van der Waals surface area contributed by atoms with E-state index in [2.05, 4.69) is 5.32 Å². The van der Waals surface area contributed by atoms with Gasteiger partial charge in [0.25, 0.3) is 0 Å². The molecule has 0 amide bonds. The second-order valence-electron chi connectivity index (χ2n) is 5.10. The van der Waals surface area contributed by atoms with Gasteiger partial charge in [-0.25, -0.2) is 0 Å². The third-order valence-electron chi connectivity index (χ3n) is 3.22. The van der Waals surface area contributed by atoms with Gasteiger partial charge in [-0.3, -0.25) is 0 Å². The number of hydrogen-bond donors (Lipinski definition) is 2. The van der Waals surface area contributed by atoms with E-state index < -0.39 is 5.60 Å². The first-order valence-corrected chi connectivity index (χ1v) is 6.76. The quantitative estimate of drug-likeness (QED) is 0.849. The number of aliphatic hydroxyl groups is 1. The minimum absolute atomic E-state index is 0.225. The van der Waals surface area contributed by atoms with Crippen LogP contribution in [-0.4, -0.2) is 18.8 Å². The molecule has 0 saturated heterocycles. The third kappa shape index (κ3) is 3.83. The first-order chi connectivity index (χ1) is 9.62. The van der Waals surface area contributed by atoms with Gasteiger partial charge in [0.2, 0.25) is 0 Å². The maximum Gasteiger partial charge on any atom is 0.121 e.